The Kier molecular flexibility index (Phi) is 5.26. The number of benzene rings is 2. The molecule has 0 saturated heterocycles. The highest BCUT2D eigenvalue weighted by Gasteiger charge is 2.14. The Bertz CT molecular complexity index is 1080. The van der Waals surface area contributed by atoms with Gasteiger partial charge in [0.15, 0.2) is 5.76 Å². The molecule has 0 bridgehead atoms. The van der Waals surface area contributed by atoms with Crippen LogP contribution in [0.5, 0.6) is 0 Å². The molecule has 0 unspecified atom stereocenters. The van der Waals surface area contributed by atoms with E-state index in [0.29, 0.717) is 12.3 Å². The van der Waals surface area contributed by atoms with Gasteiger partial charge in [0.1, 0.15) is 11.5 Å². The second-order valence-corrected chi connectivity index (χ2v) is 6.78. The average Bonchev–Trinajstić information content (AvgIpc) is 3.33. The first-order valence-corrected chi connectivity index (χ1v) is 9.29. The van der Waals surface area contributed by atoms with Crippen LogP contribution in [-0.2, 0) is 6.54 Å². The normalized spacial score (nSPS) is 11.2. The van der Waals surface area contributed by atoms with Gasteiger partial charge in [-0.2, -0.15) is 10.2 Å². The lowest BCUT2D eigenvalue weighted by atomic mass is 10.2. The molecule has 0 fully saturated rings. The number of nitrogens with zero attached hydrogens (tertiary/aromatic N) is 3. The first kappa shape index (κ1) is 18.1. The van der Waals surface area contributed by atoms with Gasteiger partial charge in [0.25, 0.3) is 0 Å². The van der Waals surface area contributed by atoms with E-state index < -0.39 is 0 Å². The van der Waals surface area contributed by atoms with Crippen LogP contribution in [0.3, 0.4) is 0 Å². The average molecular weight is 391 g/mol. The van der Waals surface area contributed by atoms with E-state index in [1.807, 2.05) is 84.5 Å². The maximum atomic E-state index is 5.92. The molecule has 140 valence electrons. The molecule has 0 radical (unpaired) electrons. The van der Waals surface area contributed by atoms with Gasteiger partial charge in [-0.25, -0.2) is 4.68 Å². The van der Waals surface area contributed by atoms with Crippen molar-refractivity contribution in [2.24, 2.45) is 5.10 Å². The van der Waals surface area contributed by atoms with E-state index in [4.69, 9.17) is 21.1 Å². The molecular weight excluding hydrogens is 372 g/mol. The van der Waals surface area contributed by atoms with E-state index in [1.165, 1.54) is 0 Å². The largest absolute Gasteiger partial charge is 0.460 e. The number of hydrogen-bond donors (Lipinski definition) is 1. The third-order valence-electron chi connectivity index (χ3n) is 4.23. The number of aromatic nitrogens is 2. The number of rotatable bonds is 6. The van der Waals surface area contributed by atoms with E-state index in [9.17, 15) is 0 Å². The summed E-state index contributed by atoms with van der Waals surface area (Å²) < 4.78 is 7.60. The summed E-state index contributed by atoms with van der Waals surface area (Å²) in [5.74, 6) is 1.55. The minimum atomic E-state index is 0.607. The fraction of sp³-hybridized carbons (Fsp3) is 0.0909. The zero-order valence-corrected chi connectivity index (χ0v) is 16.1. The Morgan fingerprint density at radius 2 is 1.86 bits per heavy atom. The van der Waals surface area contributed by atoms with Crippen molar-refractivity contribution < 1.29 is 4.42 Å². The standard InChI is InChI=1S/C22H19ClN4O/c1-16-7-12-21(28-16)22-18(15-27(26-22)20-5-3-2-4-6-20)14-25-24-13-17-8-10-19(23)11-9-17/h2-12,14-15,24H,13H2,1H3/b25-14-. The number of nitrogens with one attached hydrogen (secondary N) is 1. The molecule has 1 N–H and O–H groups in total. The van der Waals surface area contributed by atoms with E-state index >= 15 is 0 Å². The predicted octanol–water partition coefficient (Wildman–Crippen LogP) is 5.22. The minimum absolute atomic E-state index is 0.607. The molecule has 4 aromatic rings. The number of para-hydroxylation sites is 1. The lowest BCUT2D eigenvalue weighted by Crippen LogP contribution is -2.05. The third-order valence-corrected chi connectivity index (χ3v) is 4.48. The van der Waals surface area contributed by atoms with Crippen LogP contribution in [0.25, 0.3) is 17.1 Å². The highest BCUT2D eigenvalue weighted by molar-refractivity contribution is 6.30. The molecule has 4 rings (SSSR count). The summed E-state index contributed by atoms with van der Waals surface area (Å²) in [7, 11) is 0. The van der Waals surface area contributed by atoms with Crippen molar-refractivity contribution in [1.82, 2.24) is 15.2 Å². The van der Waals surface area contributed by atoms with Crippen molar-refractivity contribution >= 4 is 17.8 Å². The van der Waals surface area contributed by atoms with Crippen LogP contribution in [0.15, 0.2) is 82.4 Å². The van der Waals surface area contributed by atoms with E-state index in [-0.39, 0.29) is 0 Å². The van der Waals surface area contributed by atoms with E-state index in [2.05, 4.69) is 10.5 Å². The zero-order valence-electron chi connectivity index (χ0n) is 15.3. The van der Waals surface area contributed by atoms with Crippen molar-refractivity contribution in [3.05, 3.63) is 94.8 Å². The van der Waals surface area contributed by atoms with Gasteiger partial charge in [0, 0.05) is 16.8 Å². The van der Waals surface area contributed by atoms with E-state index in [1.54, 1.807) is 6.21 Å². The summed E-state index contributed by atoms with van der Waals surface area (Å²) in [6.45, 7) is 2.52. The second-order valence-electron chi connectivity index (χ2n) is 6.34. The topological polar surface area (TPSA) is 55.4 Å². The lowest BCUT2D eigenvalue weighted by Gasteiger charge is -2.00. The molecule has 0 aliphatic carbocycles. The Morgan fingerprint density at radius 3 is 2.57 bits per heavy atom. The first-order valence-electron chi connectivity index (χ1n) is 8.91. The Balaban J connectivity index is 1.57. The molecule has 0 aliphatic rings. The van der Waals surface area contributed by atoms with Gasteiger partial charge in [0.2, 0.25) is 0 Å². The van der Waals surface area contributed by atoms with Crippen LogP contribution in [-0.4, -0.2) is 16.0 Å². The van der Waals surface area contributed by atoms with Crippen LogP contribution >= 0.6 is 11.6 Å². The van der Waals surface area contributed by atoms with Crippen LogP contribution in [0.1, 0.15) is 16.9 Å². The minimum Gasteiger partial charge on any atom is -0.460 e. The predicted molar refractivity (Wildman–Crippen MR) is 112 cm³/mol. The summed E-state index contributed by atoms with van der Waals surface area (Å²) in [5.41, 5.74) is 6.74. The van der Waals surface area contributed by atoms with Gasteiger partial charge in [-0.1, -0.05) is 41.9 Å². The number of hydrazone groups is 1. The summed E-state index contributed by atoms with van der Waals surface area (Å²) in [6, 6.07) is 21.5. The monoisotopic (exact) mass is 390 g/mol. The maximum Gasteiger partial charge on any atom is 0.155 e. The van der Waals surface area contributed by atoms with Crippen LogP contribution in [0.4, 0.5) is 0 Å². The molecule has 0 aliphatic heterocycles. The maximum absolute atomic E-state index is 5.92. The van der Waals surface area contributed by atoms with Crippen molar-refractivity contribution in [3.8, 4) is 17.1 Å². The van der Waals surface area contributed by atoms with Gasteiger partial charge >= 0.3 is 0 Å². The van der Waals surface area contributed by atoms with Crippen molar-refractivity contribution in [3.63, 3.8) is 0 Å². The number of furan rings is 1. The summed E-state index contributed by atoms with van der Waals surface area (Å²) in [4.78, 5) is 0. The molecule has 28 heavy (non-hydrogen) atoms. The Hall–Kier alpha value is -3.31. The zero-order chi connectivity index (χ0) is 19.3. The molecule has 2 heterocycles. The summed E-state index contributed by atoms with van der Waals surface area (Å²) in [6.07, 6.45) is 3.70. The van der Waals surface area contributed by atoms with Crippen molar-refractivity contribution in [2.75, 3.05) is 0 Å². The molecule has 0 amide bonds. The quantitative estimate of drug-likeness (QED) is 0.363. The lowest BCUT2D eigenvalue weighted by molar-refractivity contribution is 0.545. The van der Waals surface area contributed by atoms with Crippen molar-refractivity contribution in [2.45, 2.75) is 13.5 Å². The van der Waals surface area contributed by atoms with Crippen LogP contribution in [0, 0.1) is 6.92 Å². The van der Waals surface area contributed by atoms with Crippen LogP contribution in [0.2, 0.25) is 5.02 Å². The first-order chi connectivity index (χ1) is 13.7. The number of aryl methyl sites for hydroxylation is 1. The van der Waals surface area contributed by atoms with Gasteiger partial charge < -0.3 is 9.84 Å². The highest BCUT2D eigenvalue weighted by atomic mass is 35.5. The Morgan fingerprint density at radius 1 is 1.07 bits per heavy atom. The highest BCUT2D eigenvalue weighted by Crippen LogP contribution is 2.24. The molecular formula is C22H19ClN4O. The molecule has 0 saturated carbocycles. The third kappa shape index (κ3) is 4.15. The molecule has 0 atom stereocenters. The molecule has 6 heteroatoms. The molecule has 2 aromatic carbocycles. The molecule has 0 spiro atoms. The molecule has 5 nitrogen and oxygen atoms in total. The van der Waals surface area contributed by atoms with Gasteiger partial charge in [-0.05, 0) is 48.9 Å². The van der Waals surface area contributed by atoms with Gasteiger partial charge in [-0.3, -0.25) is 0 Å². The van der Waals surface area contributed by atoms with Crippen molar-refractivity contribution in [1.29, 1.82) is 0 Å². The summed E-state index contributed by atoms with van der Waals surface area (Å²) in [5, 5.41) is 9.78. The SMILES string of the molecule is Cc1ccc(-c2nn(-c3ccccc3)cc2/C=N\NCc2ccc(Cl)cc2)o1. The Labute approximate surface area is 168 Å². The van der Waals surface area contributed by atoms with Gasteiger partial charge in [-0.15, -0.1) is 0 Å². The van der Waals surface area contributed by atoms with Gasteiger partial charge in [0.05, 0.1) is 18.4 Å². The van der Waals surface area contributed by atoms with E-state index in [0.717, 1.165) is 33.3 Å². The molecule has 2 aromatic heterocycles. The fourth-order valence-electron chi connectivity index (χ4n) is 2.80. The van der Waals surface area contributed by atoms with Crippen LogP contribution < -0.4 is 5.43 Å². The second kappa shape index (κ2) is 8.15. The summed E-state index contributed by atoms with van der Waals surface area (Å²) >= 11 is 5.92. The number of halogens is 1. The fourth-order valence-corrected chi connectivity index (χ4v) is 2.93. The number of hydrogen-bond acceptors (Lipinski definition) is 4. The smallest absolute Gasteiger partial charge is 0.155 e.